The lowest BCUT2D eigenvalue weighted by atomic mass is 10.2. The van der Waals surface area contributed by atoms with Crippen molar-refractivity contribution in [1.82, 2.24) is 9.97 Å². The number of anilines is 1. The summed E-state index contributed by atoms with van der Waals surface area (Å²) in [6.45, 7) is 1.33. The summed E-state index contributed by atoms with van der Waals surface area (Å²) in [6.07, 6.45) is 3.34. The zero-order chi connectivity index (χ0) is 15.9. The summed E-state index contributed by atoms with van der Waals surface area (Å²) < 4.78 is 35.1. The topological polar surface area (TPSA) is 56.3 Å². The summed E-state index contributed by atoms with van der Waals surface area (Å²) in [5.41, 5.74) is 1.47. The van der Waals surface area contributed by atoms with E-state index >= 15 is 0 Å². The van der Waals surface area contributed by atoms with Crippen LogP contribution in [0.5, 0.6) is 11.5 Å². The molecule has 0 aliphatic rings. The predicted octanol–water partition coefficient (Wildman–Crippen LogP) is 3.40. The van der Waals surface area contributed by atoms with Crippen LogP contribution in [-0.2, 0) is 6.54 Å². The Morgan fingerprint density at radius 1 is 1.23 bits per heavy atom. The number of para-hydroxylation sites is 1. The molecular formula is C15H17F2N3O2. The third-order valence-corrected chi connectivity index (χ3v) is 2.79. The molecule has 0 unspecified atom stereocenters. The lowest BCUT2D eigenvalue weighted by Crippen LogP contribution is -2.10. The number of hydrogen-bond acceptors (Lipinski definition) is 5. The van der Waals surface area contributed by atoms with Gasteiger partial charge in [-0.1, -0.05) is 12.1 Å². The van der Waals surface area contributed by atoms with Gasteiger partial charge in [0.2, 0.25) is 5.95 Å². The molecule has 0 amide bonds. The standard InChI is InChI=1S/C15H17F2N3O2/c1-3-21-12-6-4-5-11(13(12)22-14(16)17)9-20-15-18-7-10(2)8-19-15/h4-8,14H,3,9H2,1-2H3,(H,18,19,20). The van der Waals surface area contributed by atoms with Crippen molar-refractivity contribution in [2.24, 2.45) is 0 Å². The van der Waals surface area contributed by atoms with Gasteiger partial charge in [-0.05, 0) is 25.5 Å². The Morgan fingerprint density at radius 3 is 2.59 bits per heavy atom. The summed E-state index contributed by atoms with van der Waals surface area (Å²) in [4.78, 5) is 8.20. The monoisotopic (exact) mass is 309 g/mol. The van der Waals surface area contributed by atoms with Crippen molar-refractivity contribution in [2.75, 3.05) is 11.9 Å². The van der Waals surface area contributed by atoms with Crippen LogP contribution in [0.3, 0.4) is 0 Å². The van der Waals surface area contributed by atoms with Gasteiger partial charge in [-0.3, -0.25) is 0 Å². The zero-order valence-electron chi connectivity index (χ0n) is 12.3. The average Bonchev–Trinajstić information content (AvgIpc) is 2.49. The van der Waals surface area contributed by atoms with E-state index in [1.165, 1.54) is 0 Å². The maximum atomic E-state index is 12.6. The van der Waals surface area contributed by atoms with Gasteiger partial charge in [-0.2, -0.15) is 8.78 Å². The second-order valence-corrected chi connectivity index (χ2v) is 4.49. The van der Waals surface area contributed by atoms with Crippen LogP contribution in [0.2, 0.25) is 0 Å². The Morgan fingerprint density at radius 2 is 1.95 bits per heavy atom. The van der Waals surface area contributed by atoms with E-state index in [2.05, 4.69) is 20.0 Å². The molecule has 2 rings (SSSR count). The Bertz CT molecular complexity index is 606. The molecule has 0 aliphatic carbocycles. The number of halogens is 2. The van der Waals surface area contributed by atoms with Crippen molar-refractivity contribution in [1.29, 1.82) is 0 Å². The second-order valence-electron chi connectivity index (χ2n) is 4.49. The van der Waals surface area contributed by atoms with E-state index in [4.69, 9.17) is 4.74 Å². The lowest BCUT2D eigenvalue weighted by Gasteiger charge is -2.15. The summed E-state index contributed by atoms with van der Waals surface area (Å²) in [5.74, 6) is 0.723. The Hall–Kier alpha value is -2.44. The maximum absolute atomic E-state index is 12.6. The van der Waals surface area contributed by atoms with Crippen molar-refractivity contribution < 1.29 is 18.3 Å². The van der Waals surface area contributed by atoms with Crippen LogP contribution >= 0.6 is 0 Å². The predicted molar refractivity (Wildman–Crippen MR) is 78.3 cm³/mol. The van der Waals surface area contributed by atoms with Gasteiger partial charge in [0.25, 0.3) is 0 Å². The number of aromatic nitrogens is 2. The van der Waals surface area contributed by atoms with E-state index in [9.17, 15) is 8.78 Å². The van der Waals surface area contributed by atoms with Crippen LogP contribution in [-0.4, -0.2) is 23.2 Å². The molecule has 1 heterocycles. The quantitative estimate of drug-likeness (QED) is 0.849. The van der Waals surface area contributed by atoms with E-state index in [0.29, 0.717) is 18.1 Å². The number of nitrogens with one attached hydrogen (secondary N) is 1. The highest BCUT2D eigenvalue weighted by Crippen LogP contribution is 2.33. The normalized spacial score (nSPS) is 10.6. The fourth-order valence-electron chi connectivity index (χ4n) is 1.85. The lowest BCUT2D eigenvalue weighted by molar-refractivity contribution is -0.0520. The van der Waals surface area contributed by atoms with Crippen molar-refractivity contribution in [2.45, 2.75) is 27.0 Å². The summed E-state index contributed by atoms with van der Waals surface area (Å²) in [7, 11) is 0. The third-order valence-electron chi connectivity index (χ3n) is 2.79. The summed E-state index contributed by atoms with van der Waals surface area (Å²) >= 11 is 0. The molecule has 1 aromatic carbocycles. The molecule has 0 atom stereocenters. The van der Waals surface area contributed by atoms with E-state index in [-0.39, 0.29) is 18.0 Å². The van der Waals surface area contributed by atoms with Crippen LogP contribution in [0.15, 0.2) is 30.6 Å². The van der Waals surface area contributed by atoms with Gasteiger partial charge >= 0.3 is 6.61 Å². The smallest absolute Gasteiger partial charge is 0.387 e. The minimum atomic E-state index is -2.92. The first-order valence-electron chi connectivity index (χ1n) is 6.82. The third kappa shape index (κ3) is 4.28. The number of alkyl halides is 2. The van der Waals surface area contributed by atoms with Gasteiger partial charge in [0.05, 0.1) is 6.61 Å². The number of hydrogen-bond donors (Lipinski definition) is 1. The highest BCUT2D eigenvalue weighted by Gasteiger charge is 2.15. The largest absolute Gasteiger partial charge is 0.490 e. The van der Waals surface area contributed by atoms with Crippen molar-refractivity contribution >= 4 is 5.95 Å². The highest BCUT2D eigenvalue weighted by atomic mass is 19.3. The minimum absolute atomic E-state index is 0.0268. The first-order chi connectivity index (χ1) is 10.6. The molecule has 0 bridgehead atoms. The van der Waals surface area contributed by atoms with Crippen LogP contribution in [0.4, 0.5) is 14.7 Å². The molecule has 0 radical (unpaired) electrons. The number of nitrogens with zero attached hydrogens (tertiary/aromatic N) is 2. The Kier molecular flexibility index (Phi) is 5.46. The number of rotatable bonds is 7. The van der Waals surface area contributed by atoms with Crippen LogP contribution in [0.1, 0.15) is 18.1 Å². The Labute approximate surface area is 127 Å². The summed E-state index contributed by atoms with van der Waals surface area (Å²) in [6, 6.07) is 4.99. The van der Waals surface area contributed by atoms with Gasteiger partial charge in [-0.15, -0.1) is 0 Å². The van der Waals surface area contributed by atoms with Crippen LogP contribution in [0, 0.1) is 6.92 Å². The molecule has 1 aromatic heterocycles. The average molecular weight is 309 g/mol. The van der Waals surface area contributed by atoms with Gasteiger partial charge < -0.3 is 14.8 Å². The number of aryl methyl sites for hydroxylation is 1. The van der Waals surface area contributed by atoms with Crippen molar-refractivity contribution in [3.8, 4) is 11.5 Å². The van der Waals surface area contributed by atoms with Gasteiger partial charge in [-0.25, -0.2) is 9.97 Å². The molecule has 0 saturated carbocycles. The molecule has 0 aliphatic heterocycles. The molecule has 22 heavy (non-hydrogen) atoms. The second kappa shape index (κ2) is 7.53. The highest BCUT2D eigenvalue weighted by molar-refractivity contribution is 5.48. The minimum Gasteiger partial charge on any atom is -0.490 e. The van der Waals surface area contributed by atoms with E-state index in [1.54, 1.807) is 37.5 Å². The molecule has 5 nitrogen and oxygen atoms in total. The molecule has 7 heteroatoms. The van der Waals surface area contributed by atoms with Gasteiger partial charge in [0.15, 0.2) is 11.5 Å². The fraction of sp³-hybridized carbons (Fsp3) is 0.333. The number of benzene rings is 1. The Balaban J connectivity index is 2.17. The first kappa shape index (κ1) is 15.9. The molecule has 2 aromatic rings. The van der Waals surface area contributed by atoms with E-state index in [1.807, 2.05) is 6.92 Å². The zero-order valence-corrected chi connectivity index (χ0v) is 12.3. The molecule has 0 saturated heterocycles. The van der Waals surface area contributed by atoms with Crippen LogP contribution in [0.25, 0.3) is 0 Å². The van der Waals surface area contributed by atoms with E-state index < -0.39 is 6.61 Å². The molecule has 118 valence electrons. The molecule has 0 fully saturated rings. The molecular weight excluding hydrogens is 292 g/mol. The SMILES string of the molecule is CCOc1cccc(CNc2ncc(C)cn2)c1OC(F)F. The van der Waals surface area contributed by atoms with Crippen molar-refractivity contribution in [3.63, 3.8) is 0 Å². The summed E-state index contributed by atoms with van der Waals surface area (Å²) in [5, 5.41) is 2.97. The maximum Gasteiger partial charge on any atom is 0.387 e. The first-order valence-corrected chi connectivity index (χ1v) is 6.82. The van der Waals surface area contributed by atoms with Gasteiger partial charge in [0, 0.05) is 24.5 Å². The van der Waals surface area contributed by atoms with Crippen LogP contribution < -0.4 is 14.8 Å². The van der Waals surface area contributed by atoms with Gasteiger partial charge in [0.1, 0.15) is 0 Å². The fourth-order valence-corrected chi connectivity index (χ4v) is 1.85. The molecule has 0 spiro atoms. The molecule has 1 N–H and O–H groups in total. The van der Waals surface area contributed by atoms with Crippen molar-refractivity contribution in [3.05, 3.63) is 41.7 Å². The van der Waals surface area contributed by atoms with E-state index in [0.717, 1.165) is 5.56 Å². The number of ether oxygens (including phenoxy) is 2.